The van der Waals surface area contributed by atoms with Crippen molar-refractivity contribution in [1.82, 2.24) is 10.3 Å². The van der Waals surface area contributed by atoms with Crippen LogP contribution in [0.25, 0.3) is 0 Å². The zero-order chi connectivity index (χ0) is 16.8. The van der Waals surface area contributed by atoms with Crippen LogP contribution in [0.5, 0.6) is 11.6 Å². The third-order valence-electron chi connectivity index (χ3n) is 3.13. The van der Waals surface area contributed by atoms with Gasteiger partial charge in [0.25, 0.3) is 5.91 Å². The van der Waals surface area contributed by atoms with E-state index in [0.717, 1.165) is 0 Å². The molecule has 0 bridgehead atoms. The number of carbonyl (C=O) groups is 1. The first kappa shape index (κ1) is 23.8. The van der Waals surface area contributed by atoms with E-state index in [4.69, 9.17) is 33.7 Å². The Labute approximate surface area is 169 Å². The minimum Gasteiger partial charge on any atom is -0.437 e. The fourth-order valence-corrected chi connectivity index (χ4v) is 2.20. The Morgan fingerprint density at radius 3 is 2.68 bits per heavy atom. The van der Waals surface area contributed by atoms with Gasteiger partial charge in [-0.3, -0.25) is 4.79 Å². The molecule has 0 saturated heterocycles. The largest absolute Gasteiger partial charge is 0.437 e. The summed E-state index contributed by atoms with van der Waals surface area (Å²) >= 11 is 11.9. The predicted octanol–water partition coefficient (Wildman–Crippen LogP) is 4.35. The van der Waals surface area contributed by atoms with Crippen LogP contribution >= 0.6 is 48.0 Å². The van der Waals surface area contributed by atoms with Crippen molar-refractivity contribution in [2.75, 3.05) is 13.1 Å². The van der Waals surface area contributed by atoms with Crippen LogP contribution in [0, 0.1) is 5.92 Å². The summed E-state index contributed by atoms with van der Waals surface area (Å²) < 4.78 is 5.66. The molecule has 138 valence electrons. The molecule has 1 amide bonds. The number of hydrogen-bond donors (Lipinski definition) is 2. The zero-order valence-corrected chi connectivity index (χ0v) is 16.5. The van der Waals surface area contributed by atoms with Gasteiger partial charge in [-0.1, -0.05) is 30.1 Å². The van der Waals surface area contributed by atoms with Gasteiger partial charge >= 0.3 is 0 Å². The summed E-state index contributed by atoms with van der Waals surface area (Å²) in [6, 6.07) is 8.13. The number of aromatic nitrogens is 1. The van der Waals surface area contributed by atoms with Crippen LogP contribution < -0.4 is 15.8 Å². The van der Waals surface area contributed by atoms with E-state index >= 15 is 0 Å². The SMILES string of the molecule is CC(CN)CNC(=O)c1cccnc1Oc1ccc(Cl)cc1Cl.Cl.Cl. The predicted molar refractivity (Wildman–Crippen MR) is 106 cm³/mol. The van der Waals surface area contributed by atoms with E-state index < -0.39 is 0 Å². The summed E-state index contributed by atoms with van der Waals surface area (Å²) in [5.74, 6) is 0.456. The van der Waals surface area contributed by atoms with Crippen LogP contribution in [-0.4, -0.2) is 24.0 Å². The maximum absolute atomic E-state index is 12.3. The molecule has 2 rings (SSSR count). The summed E-state index contributed by atoms with van der Waals surface area (Å²) in [6.07, 6.45) is 1.54. The van der Waals surface area contributed by atoms with Crippen LogP contribution in [0.4, 0.5) is 0 Å². The van der Waals surface area contributed by atoms with E-state index in [1.54, 1.807) is 36.5 Å². The minimum atomic E-state index is -0.279. The van der Waals surface area contributed by atoms with Crippen molar-refractivity contribution in [3.63, 3.8) is 0 Å². The van der Waals surface area contributed by atoms with Gasteiger partial charge < -0.3 is 15.8 Å². The molecular weight excluding hydrogens is 408 g/mol. The Bertz CT molecular complexity index is 701. The highest BCUT2D eigenvalue weighted by molar-refractivity contribution is 6.35. The van der Waals surface area contributed by atoms with Gasteiger partial charge in [0.2, 0.25) is 5.88 Å². The van der Waals surface area contributed by atoms with Gasteiger partial charge in [-0.05, 0) is 42.8 Å². The summed E-state index contributed by atoms with van der Waals surface area (Å²) in [6.45, 7) is 2.93. The quantitative estimate of drug-likeness (QED) is 0.719. The lowest BCUT2D eigenvalue weighted by Crippen LogP contribution is -2.31. The van der Waals surface area contributed by atoms with Crippen LogP contribution in [0.2, 0.25) is 10.0 Å². The van der Waals surface area contributed by atoms with Gasteiger partial charge in [0, 0.05) is 17.8 Å². The van der Waals surface area contributed by atoms with E-state index in [1.165, 1.54) is 0 Å². The van der Waals surface area contributed by atoms with E-state index in [-0.39, 0.29) is 42.5 Å². The average Bonchev–Trinajstić information content (AvgIpc) is 2.55. The topological polar surface area (TPSA) is 77.2 Å². The van der Waals surface area contributed by atoms with Gasteiger partial charge in [0.15, 0.2) is 0 Å². The highest BCUT2D eigenvalue weighted by atomic mass is 35.5. The molecule has 0 aliphatic rings. The fourth-order valence-electron chi connectivity index (χ4n) is 1.75. The van der Waals surface area contributed by atoms with Gasteiger partial charge in [0.05, 0.1) is 5.02 Å². The smallest absolute Gasteiger partial charge is 0.256 e. The molecule has 1 unspecified atom stereocenters. The Kier molecular flexibility index (Phi) is 10.8. The number of nitrogens with zero attached hydrogens (tertiary/aromatic N) is 1. The van der Waals surface area contributed by atoms with Gasteiger partial charge in [-0.25, -0.2) is 4.98 Å². The van der Waals surface area contributed by atoms with Crippen molar-refractivity contribution in [1.29, 1.82) is 0 Å². The second-order valence-electron chi connectivity index (χ2n) is 5.08. The molecule has 2 aromatic rings. The molecule has 25 heavy (non-hydrogen) atoms. The number of benzene rings is 1. The molecule has 5 nitrogen and oxygen atoms in total. The molecule has 0 radical (unpaired) electrons. The maximum atomic E-state index is 12.3. The lowest BCUT2D eigenvalue weighted by atomic mass is 10.2. The number of halogens is 4. The van der Waals surface area contributed by atoms with E-state index in [9.17, 15) is 4.79 Å². The van der Waals surface area contributed by atoms with Crippen LogP contribution in [0.1, 0.15) is 17.3 Å². The standard InChI is InChI=1S/C16H17Cl2N3O2.2ClH/c1-10(8-19)9-21-15(22)12-3-2-6-20-16(12)23-14-5-4-11(17)7-13(14)18;;/h2-7,10H,8-9,19H2,1H3,(H,21,22);2*1H. The molecule has 0 spiro atoms. The van der Waals surface area contributed by atoms with Crippen LogP contribution in [-0.2, 0) is 0 Å². The lowest BCUT2D eigenvalue weighted by molar-refractivity contribution is 0.0945. The lowest BCUT2D eigenvalue weighted by Gasteiger charge is -2.13. The molecule has 9 heteroatoms. The summed E-state index contributed by atoms with van der Waals surface area (Å²) in [5, 5.41) is 3.64. The first-order chi connectivity index (χ1) is 11.0. The summed E-state index contributed by atoms with van der Waals surface area (Å²) in [5.41, 5.74) is 5.87. The number of rotatable bonds is 6. The number of nitrogens with two attached hydrogens (primary N) is 1. The number of hydrogen-bond acceptors (Lipinski definition) is 4. The van der Waals surface area contributed by atoms with Crippen molar-refractivity contribution in [3.05, 3.63) is 52.1 Å². The summed E-state index contributed by atoms with van der Waals surface area (Å²) in [4.78, 5) is 16.4. The zero-order valence-electron chi connectivity index (χ0n) is 13.4. The minimum absolute atomic E-state index is 0. The Morgan fingerprint density at radius 2 is 2.04 bits per heavy atom. The number of pyridine rings is 1. The highest BCUT2D eigenvalue weighted by Gasteiger charge is 2.16. The third kappa shape index (κ3) is 6.88. The van der Waals surface area contributed by atoms with Gasteiger partial charge in [-0.2, -0.15) is 0 Å². The van der Waals surface area contributed by atoms with Gasteiger partial charge in [-0.15, -0.1) is 24.8 Å². The molecule has 1 aromatic heterocycles. The average molecular weight is 427 g/mol. The van der Waals surface area contributed by atoms with E-state index in [2.05, 4.69) is 10.3 Å². The van der Waals surface area contributed by atoms with Crippen LogP contribution in [0.15, 0.2) is 36.5 Å². The van der Waals surface area contributed by atoms with Crippen molar-refractivity contribution in [2.45, 2.75) is 6.92 Å². The molecular formula is C16H19Cl4N3O2. The van der Waals surface area contributed by atoms with Crippen molar-refractivity contribution >= 4 is 53.9 Å². The normalized spacial score (nSPS) is 10.9. The van der Waals surface area contributed by atoms with E-state index in [0.29, 0.717) is 34.4 Å². The molecule has 0 saturated carbocycles. The Morgan fingerprint density at radius 1 is 1.32 bits per heavy atom. The molecule has 0 aliphatic carbocycles. The van der Waals surface area contributed by atoms with Crippen molar-refractivity contribution < 1.29 is 9.53 Å². The van der Waals surface area contributed by atoms with Crippen molar-refractivity contribution in [2.24, 2.45) is 11.7 Å². The molecule has 1 heterocycles. The Hall–Kier alpha value is -1.24. The number of carbonyl (C=O) groups excluding carboxylic acids is 1. The second-order valence-corrected chi connectivity index (χ2v) is 5.93. The third-order valence-corrected chi connectivity index (χ3v) is 3.66. The molecule has 1 aromatic carbocycles. The number of amides is 1. The first-order valence-electron chi connectivity index (χ1n) is 7.07. The molecule has 0 fully saturated rings. The second kappa shape index (κ2) is 11.4. The first-order valence-corrected chi connectivity index (χ1v) is 7.83. The van der Waals surface area contributed by atoms with E-state index in [1.807, 2.05) is 6.92 Å². The summed E-state index contributed by atoms with van der Waals surface area (Å²) in [7, 11) is 0. The highest BCUT2D eigenvalue weighted by Crippen LogP contribution is 2.31. The van der Waals surface area contributed by atoms with Gasteiger partial charge in [0.1, 0.15) is 11.3 Å². The molecule has 1 atom stereocenters. The molecule has 0 aliphatic heterocycles. The maximum Gasteiger partial charge on any atom is 0.256 e. The number of nitrogens with one attached hydrogen (secondary N) is 1. The van der Waals surface area contributed by atoms with Crippen molar-refractivity contribution in [3.8, 4) is 11.6 Å². The monoisotopic (exact) mass is 425 g/mol. The Balaban J connectivity index is 0.00000288. The molecule has 3 N–H and O–H groups in total. The van der Waals surface area contributed by atoms with Crippen LogP contribution in [0.3, 0.4) is 0 Å². The fraction of sp³-hybridized carbons (Fsp3) is 0.250. The number of ether oxygens (including phenoxy) is 1.